The van der Waals surface area contributed by atoms with Gasteiger partial charge in [-0.1, -0.05) is 12.1 Å². The summed E-state index contributed by atoms with van der Waals surface area (Å²) >= 11 is 0. The van der Waals surface area contributed by atoms with Crippen molar-refractivity contribution in [3.05, 3.63) is 35.3 Å². The van der Waals surface area contributed by atoms with Crippen LogP contribution in [0.4, 0.5) is 4.39 Å². The van der Waals surface area contributed by atoms with Gasteiger partial charge in [0, 0.05) is 37.8 Å². The lowest BCUT2D eigenvalue weighted by atomic mass is 10.1. The summed E-state index contributed by atoms with van der Waals surface area (Å²) in [6, 6.07) is 5.39. The van der Waals surface area contributed by atoms with E-state index >= 15 is 0 Å². The number of hydrogen-bond acceptors (Lipinski definition) is 2. The second-order valence-corrected chi connectivity index (χ2v) is 5.64. The molecule has 0 atom stereocenters. The maximum Gasteiger partial charge on any atom is 0.147 e. The van der Waals surface area contributed by atoms with Crippen LogP contribution >= 0.6 is 0 Å². The highest BCUT2D eigenvalue weighted by Gasteiger charge is 2.17. The predicted molar refractivity (Wildman–Crippen MR) is 80.4 cm³/mol. The molecule has 2 aromatic rings. The summed E-state index contributed by atoms with van der Waals surface area (Å²) in [6.45, 7) is 7.31. The lowest BCUT2D eigenvalue weighted by Gasteiger charge is -2.19. The molecule has 0 spiro atoms. The van der Waals surface area contributed by atoms with Crippen molar-refractivity contribution < 1.29 is 4.39 Å². The van der Waals surface area contributed by atoms with Gasteiger partial charge in [0.05, 0.1) is 5.52 Å². The van der Waals surface area contributed by atoms with E-state index in [2.05, 4.69) is 17.1 Å². The molecule has 108 valence electrons. The van der Waals surface area contributed by atoms with Crippen LogP contribution < -0.4 is 5.32 Å². The van der Waals surface area contributed by atoms with Crippen molar-refractivity contribution in [1.82, 2.24) is 14.8 Å². The molecule has 0 aliphatic carbocycles. The molecular formula is C16H22FN3. The Morgan fingerprint density at radius 1 is 1.25 bits per heavy atom. The highest BCUT2D eigenvalue weighted by molar-refractivity contribution is 5.85. The number of benzene rings is 1. The van der Waals surface area contributed by atoms with Crippen LogP contribution in [0.2, 0.25) is 0 Å². The Labute approximate surface area is 119 Å². The molecule has 1 N–H and O–H groups in total. The van der Waals surface area contributed by atoms with E-state index in [-0.39, 0.29) is 5.82 Å². The van der Waals surface area contributed by atoms with Gasteiger partial charge in [-0.05, 0) is 38.1 Å². The Bertz CT molecular complexity index is 610. The third-order valence-corrected chi connectivity index (χ3v) is 4.40. The maximum absolute atomic E-state index is 14.0. The Balaban J connectivity index is 1.98. The van der Waals surface area contributed by atoms with Gasteiger partial charge in [0.25, 0.3) is 0 Å². The third kappa shape index (κ3) is 2.34. The van der Waals surface area contributed by atoms with Crippen LogP contribution in [0, 0.1) is 12.7 Å². The summed E-state index contributed by atoms with van der Waals surface area (Å²) in [7, 11) is 1.95. The molecular weight excluding hydrogens is 253 g/mol. The lowest BCUT2D eigenvalue weighted by Crippen LogP contribution is -2.27. The minimum atomic E-state index is -0.128. The number of aryl methyl sites for hydroxylation is 1. The van der Waals surface area contributed by atoms with Crippen LogP contribution in [0.25, 0.3) is 10.9 Å². The normalized spacial score (nSPS) is 17.6. The van der Waals surface area contributed by atoms with Crippen molar-refractivity contribution in [1.29, 1.82) is 0 Å². The van der Waals surface area contributed by atoms with Gasteiger partial charge >= 0.3 is 0 Å². The van der Waals surface area contributed by atoms with Gasteiger partial charge in [-0.2, -0.15) is 0 Å². The number of nitrogens with zero attached hydrogens (tertiary/aromatic N) is 2. The first kappa shape index (κ1) is 13.6. The number of para-hydroxylation sites is 1. The minimum absolute atomic E-state index is 0.128. The van der Waals surface area contributed by atoms with Crippen molar-refractivity contribution in [3.8, 4) is 0 Å². The van der Waals surface area contributed by atoms with Crippen molar-refractivity contribution in [2.24, 2.45) is 7.05 Å². The van der Waals surface area contributed by atoms with Crippen LogP contribution in [0.5, 0.6) is 0 Å². The van der Waals surface area contributed by atoms with Gasteiger partial charge in [0.1, 0.15) is 5.82 Å². The molecule has 1 aromatic heterocycles. The van der Waals surface area contributed by atoms with Gasteiger partial charge in [-0.3, -0.25) is 4.90 Å². The van der Waals surface area contributed by atoms with Gasteiger partial charge in [0.2, 0.25) is 0 Å². The topological polar surface area (TPSA) is 20.2 Å². The molecule has 1 aliphatic rings. The molecule has 0 bridgehead atoms. The summed E-state index contributed by atoms with van der Waals surface area (Å²) in [6.07, 6.45) is 1.18. The van der Waals surface area contributed by atoms with E-state index in [0.29, 0.717) is 0 Å². The smallest absolute Gasteiger partial charge is 0.147 e. The summed E-state index contributed by atoms with van der Waals surface area (Å²) in [5.41, 5.74) is 3.17. The fourth-order valence-electron chi connectivity index (χ4n) is 3.15. The number of aromatic nitrogens is 1. The molecule has 1 aliphatic heterocycles. The van der Waals surface area contributed by atoms with Crippen LogP contribution in [0.1, 0.15) is 17.7 Å². The second-order valence-electron chi connectivity index (χ2n) is 5.64. The maximum atomic E-state index is 14.0. The molecule has 2 heterocycles. The van der Waals surface area contributed by atoms with Gasteiger partial charge in [-0.25, -0.2) is 4.39 Å². The van der Waals surface area contributed by atoms with E-state index in [1.807, 2.05) is 23.7 Å². The van der Waals surface area contributed by atoms with E-state index in [9.17, 15) is 4.39 Å². The Morgan fingerprint density at radius 3 is 2.95 bits per heavy atom. The van der Waals surface area contributed by atoms with Crippen molar-refractivity contribution in [2.45, 2.75) is 19.9 Å². The summed E-state index contributed by atoms with van der Waals surface area (Å²) < 4.78 is 16.0. The van der Waals surface area contributed by atoms with Crippen molar-refractivity contribution in [2.75, 3.05) is 26.2 Å². The first-order valence-electron chi connectivity index (χ1n) is 7.34. The van der Waals surface area contributed by atoms with E-state index in [0.717, 1.165) is 43.6 Å². The van der Waals surface area contributed by atoms with E-state index < -0.39 is 0 Å². The van der Waals surface area contributed by atoms with E-state index in [1.165, 1.54) is 17.7 Å². The van der Waals surface area contributed by atoms with Crippen LogP contribution in [-0.4, -0.2) is 35.6 Å². The SMILES string of the molecule is Cc1c(CN2CCCNCC2)c2cccc(F)c2n1C. The lowest BCUT2D eigenvalue weighted by molar-refractivity contribution is 0.284. The fourth-order valence-corrected chi connectivity index (χ4v) is 3.15. The molecule has 3 nitrogen and oxygen atoms in total. The molecule has 0 amide bonds. The number of nitrogens with one attached hydrogen (secondary N) is 1. The van der Waals surface area contributed by atoms with Gasteiger partial charge in [0.15, 0.2) is 0 Å². The zero-order valence-corrected chi connectivity index (χ0v) is 12.2. The van der Waals surface area contributed by atoms with Crippen molar-refractivity contribution >= 4 is 10.9 Å². The number of rotatable bonds is 2. The van der Waals surface area contributed by atoms with Crippen LogP contribution in [0.3, 0.4) is 0 Å². The standard InChI is InChI=1S/C16H22FN3/c1-12-14(11-20-9-4-7-18-8-10-20)13-5-3-6-15(17)16(13)19(12)2/h3,5-6,18H,4,7-11H2,1-2H3. The monoisotopic (exact) mass is 275 g/mol. The predicted octanol–water partition coefficient (Wildman–Crippen LogP) is 2.42. The van der Waals surface area contributed by atoms with E-state index in [4.69, 9.17) is 0 Å². The first-order valence-corrected chi connectivity index (χ1v) is 7.34. The summed E-state index contributed by atoms with van der Waals surface area (Å²) in [5.74, 6) is -0.128. The molecule has 0 unspecified atom stereocenters. The molecule has 3 rings (SSSR count). The Morgan fingerprint density at radius 2 is 2.10 bits per heavy atom. The molecule has 1 aromatic carbocycles. The highest BCUT2D eigenvalue weighted by atomic mass is 19.1. The molecule has 0 saturated carbocycles. The third-order valence-electron chi connectivity index (χ3n) is 4.40. The van der Waals surface area contributed by atoms with Crippen LogP contribution in [0.15, 0.2) is 18.2 Å². The fraction of sp³-hybridized carbons (Fsp3) is 0.500. The van der Waals surface area contributed by atoms with E-state index in [1.54, 1.807) is 6.07 Å². The van der Waals surface area contributed by atoms with Gasteiger partial charge < -0.3 is 9.88 Å². The quantitative estimate of drug-likeness (QED) is 0.908. The largest absolute Gasteiger partial charge is 0.345 e. The molecule has 0 radical (unpaired) electrons. The molecule has 20 heavy (non-hydrogen) atoms. The van der Waals surface area contributed by atoms with Crippen molar-refractivity contribution in [3.63, 3.8) is 0 Å². The number of hydrogen-bond donors (Lipinski definition) is 1. The summed E-state index contributed by atoms with van der Waals surface area (Å²) in [4.78, 5) is 2.46. The number of halogens is 1. The Kier molecular flexibility index (Phi) is 3.76. The zero-order chi connectivity index (χ0) is 14.1. The van der Waals surface area contributed by atoms with Crippen LogP contribution in [-0.2, 0) is 13.6 Å². The molecule has 1 saturated heterocycles. The molecule has 1 fully saturated rings. The highest BCUT2D eigenvalue weighted by Crippen LogP contribution is 2.28. The average Bonchev–Trinajstić information content (AvgIpc) is 2.64. The average molecular weight is 275 g/mol. The molecule has 4 heteroatoms. The minimum Gasteiger partial charge on any atom is -0.345 e. The zero-order valence-electron chi connectivity index (χ0n) is 12.2. The van der Waals surface area contributed by atoms with Gasteiger partial charge in [-0.15, -0.1) is 0 Å². The first-order chi connectivity index (χ1) is 9.68. The summed E-state index contributed by atoms with van der Waals surface area (Å²) in [5, 5.41) is 4.48. The Hall–Kier alpha value is -1.39. The second kappa shape index (κ2) is 5.54. The number of fused-ring (bicyclic) bond motifs is 1.